The van der Waals surface area contributed by atoms with Gasteiger partial charge in [-0.3, -0.25) is 13.9 Å². The van der Waals surface area contributed by atoms with Gasteiger partial charge in [0.15, 0.2) is 0 Å². The minimum Gasteiger partial charge on any atom is -0.352 e. The summed E-state index contributed by atoms with van der Waals surface area (Å²) in [5.74, 6) is -0.881. The fourth-order valence-corrected chi connectivity index (χ4v) is 6.69. The van der Waals surface area contributed by atoms with Crippen molar-refractivity contribution in [2.75, 3.05) is 17.1 Å². The number of hydrogen-bond donors (Lipinski definition) is 1. The van der Waals surface area contributed by atoms with Crippen LogP contribution in [0, 0.1) is 0 Å². The van der Waals surface area contributed by atoms with Crippen molar-refractivity contribution in [1.82, 2.24) is 10.2 Å². The molecule has 0 spiro atoms. The molecule has 7 nitrogen and oxygen atoms in total. The molecule has 3 aromatic rings. The van der Waals surface area contributed by atoms with Crippen LogP contribution in [0.2, 0.25) is 15.1 Å². The van der Waals surface area contributed by atoms with Crippen molar-refractivity contribution in [2.24, 2.45) is 0 Å². The van der Waals surface area contributed by atoms with Crippen LogP contribution >= 0.6 is 34.8 Å². The van der Waals surface area contributed by atoms with E-state index in [1.807, 2.05) is 30.3 Å². The standard InChI is InChI=1S/C31H34Cl3N3O4S/c1-42(40,41)37(27-18-10-17-26(33)30(27)34)21-29(38)36(20-23-13-8-9-16-25(23)32)28(19-22-11-4-2-5-12-22)31(39)35-24-14-6-3-7-15-24/h2,4-5,8-13,16-18,24,28H,3,6-7,14-15,19-21H2,1H3,(H,35,39)/t28-/m0/s1. The molecule has 1 aliphatic rings. The molecular formula is C31H34Cl3N3O4S. The number of rotatable bonds is 11. The van der Waals surface area contributed by atoms with Gasteiger partial charge in [0.1, 0.15) is 12.6 Å². The number of carbonyl (C=O) groups excluding carboxylic acids is 2. The maximum absolute atomic E-state index is 14.2. The fraction of sp³-hybridized carbons (Fsp3) is 0.355. The molecule has 1 atom stereocenters. The Morgan fingerprint density at radius 3 is 2.19 bits per heavy atom. The quantitative estimate of drug-likeness (QED) is 0.257. The van der Waals surface area contributed by atoms with E-state index < -0.39 is 28.5 Å². The van der Waals surface area contributed by atoms with Crippen molar-refractivity contribution in [3.05, 3.63) is 99.0 Å². The monoisotopic (exact) mass is 649 g/mol. The minimum atomic E-state index is -3.98. The lowest BCUT2D eigenvalue weighted by Gasteiger charge is -2.35. The third-order valence-corrected chi connectivity index (χ3v) is 9.70. The van der Waals surface area contributed by atoms with Crippen molar-refractivity contribution < 1.29 is 18.0 Å². The summed E-state index contributed by atoms with van der Waals surface area (Å²) in [6.07, 6.45) is 6.15. The second kappa shape index (κ2) is 14.6. The predicted octanol–water partition coefficient (Wildman–Crippen LogP) is 6.50. The van der Waals surface area contributed by atoms with E-state index in [9.17, 15) is 18.0 Å². The van der Waals surface area contributed by atoms with Gasteiger partial charge in [-0.15, -0.1) is 0 Å². The number of halogens is 3. The first-order valence-corrected chi connectivity index (χ1v) is 16.8. The maximum Gasteiger partial charge on any atom is 0.244 e. The summed E-state index contributed by atoms with van der Waals surface area (Å²) in [4.78, 5) is 29.6. The summed E-state index contributed by atoms with van der Waals surface area (Å²) >= 11 is 19.1. The Balaban J connectivity index is 1.75. The van der Waals surface area contributed by atoms with E-state index >= 15 is 0 Å². The normalized spacial score (nSPS) is 14.7. The molecule has 0 saturated heterocycles. The topological polar surface area (TPSA) is 86.8 Å². The van der Waals surface area contributed by atoms with E-state index in [0.29, 0.717) is 10.6 Å². The smallest absolute Gasteiger partial charge is 0.244 e. The molecule has 42 heavy (non-hydrogen) atoms. The van der Waals surface area contributed by atoms with Gasteiger partial charge in [-0.25, -0.2) is 8.42 Å². The van der Waals surface area contributed by atoms with Crippen molar-refractivity contribution >= 4 is 62.3 Å². The van der Waals surface area contributed by atoms with Gasteiger partial charge in [0, 0.05) is 24.0 Å². The third kappa shape index (κ3) is 8.40. The Morgan fingerprint density at radius 2 is 1.52 bits per heavy atom. The van der Waals surface area contributed by atoms with Crippen LogP contribution < -0.4 is 9.62 Å². The molecule has 0 aliphatic heterocycles. The van der Waals surface area contributed by atoms with Crippen LogP contribution in [-0.4, -0.2) is 50.0 Å². The van der Waals surface area contributed by atoms with Crippen LogP contribution in [0.4, 0.5) is 5.69 Å². The van der Waals surface area contributed by atoms with Gasteiger partial charge in [-0.2, -0.15) is 0 Å². The van der Waals surface area contributed by atoms with E-state index in [-0.39, 0.29) is 40.6 Å². The molecule has 0 aromatic heterocycles. The number of nitrogens with zero attached hydrogens (tertiary/aromatic N) is 2. The van der Waals surface area contributed by atoms with Crippen molar-refractivity contribution in [3.8, 4) is 0 Å². The lowest BCUT2D eigenvalue weighted by atomic mass is 9.94. The molecule has 1 aliphatic carbocycles. The van der Waals surface area contributed by atoms with Crippen LogP contribution in [0.1, 0.15) is 43.2 Å². The molecule has 2 amide bonds. The van der Waals surface area contributed by atoms with Gasteiger partial charge < -0.3 is 10.2 Å². The number of nitrogens with one attached hydrogen (secondary N) is 1. The maximum atomic E-state index is 14.2. The van der Waals surface area contributed by atoms with Gasteiger partial charge in [0.2, 0.25) is 21.8 Å². The summed E-state index contributed by atoms with van der Waals surface area (Å²) in [5, 5.41) is 3.76. The predicted molar refractivity (Wildman–Crippen MR) is 170 cm³/mol. The van der Waals surface area contributed by atoms with Crippen LogP contribution in [0.3, 0.4) is 0 Å². The molecule has 11 heteroatoms. The van der Waals surface area contributed by atoms with Gasteiger partial charge in [-0.05, 0) is 42.2 Å². The van der Waals surface area contributed by atoms with E-state index in [1.54, 1.807) is 30.3 Å². The van der Waals surface area contributed by atoms with Gasteiger partial charge in [0.05, 0.1) is 22.0 Å². The van der Waals surface area contributed by atoms with E-state index in [2.05, 4.69) is 5.32 Å². The van der Waals surface area contributed by atoms with Crippen LogP contribution in [0.15, 0.2) is 72.8 Å². The number of carbonyl (C=O) groups is 2. The Bertz CT molecular complexity index is 1500. The zero-order valence-electron chi connectivity index (χ0n) is 23.3. The second-order valence-corrected chi connectivity index (χ2v) is 13.6. The average Bonchev–Trinajstić information content (AvgIpc) is 2.96. The third-order valence-electron chi connectivity index (χ3n) is 7.40. The SMILES string of the molecule is CS(=O)(=O)N(CC(=O)N(Cc1ccccc1Cl)[C@@H](Cc1ccccc1)C(=O)NC1CCCCC1)c1cccc(Cl)c1Cl. The number of amides is 2. The van der Waals surface area contributed by atoms with Crippen LogP contribution in [0.25, 0.3) is 0 Å². The number of anilines is 1. The zero-order valence-corrected chi connectivity index (χ0v) is 26.4. The summed E-state index contributed by atoms with van der Waals surface area (Å²) in [5.41, 5.74) is 1.56. The molecule has 1 N–H and O–H groups in total. The molecule has 0 radical (unpaired) electrons. The van der Waals surface area contributed by atoms with Gasteiger partial charge >= 0.3 is 0 Å². The van der Waals surface area contributed by atoms with Crippen LogP contribution in [-0.2, 0) is 32.6 Å². The van der Waals surface area contributed by atoms with Gasteiger partial charge in [-0.1, -0.05) is 109 Å². The van der Waals surface area contributed by atoms with Crippen LogP contribution in [0.5, 0.6) is 0 Å². The first-order valence-electron chi connectivity index (χ1n) is 13.8. The van der Waals surface area contributed by atoms with E-state index in [4.69, 9.17) is 34.8 Å². The molecule has 3 aromatic carbocycles. The fourth-order valence-electron chi connectivity index (χ4n) is 5.19. The van der Waals surface area contributed by atoms with Crippen molar-refractivity contribution in [2.45, 2.75) is 57.2 Å². The Hall–Kier alpha value is -2.78. The average molecular weight is 651 g/mol. The minimum absolute atomic E-state index is 0.00499. The van der Waals surface area contributed by atoms with E-state index in [1.165, 1.54) is 17.0 Å². The first kappa shape index (κ1) is 32.1. The lowest BCUT2D eigenvalue weighted by Crippen LogP contribution is -2.55. The Morgan fingerprint density at radius 1 is 0.881 bits per heavy atom. The van der Waals surface area contributed by atoms with Crippen molar-refractivity contribution in [3.63, 3.8) is 0 Å². The summed E-state index contributed by atoms with van der Waals surface area (Å²) in [6, 6.07) is 20.1. The summed E-state index contributed by atoms with van der Waals surface area (Å²) in [6.45, 7) is -0.597. The number of hydrogen-bond acceptors (Lipinski definition) is 4. The highest BCUT2D eigenvalue weighted by Gasteiger charge is 2.35. The Kier molecular flexibility index (Phi) is 11.2. The zero-order chi connectivity index (χ0) is 30.3. The molecule has 1 saturated carbocycles. The highest BCUT2D eigenvalue weighted by Crippen LogP contribution is 2.34. The summed E-state index contributed by atoms with van der Waals surface area (Å²) < 4.78 is 26.9. The highest BCUT2D eigenvalue weighted by atomic mass is 35.5. The molecule has 0 unspecified atom stereocenters. The largest absolute Gasteiger partial charge is 0.352 e. The van der Waals surface area contributed by atoms with Crippen molar-refractivity contribution in [1.29, 1.82) is 0 Å². The summed E-state index contributed by atoms with van der Waals surface area (Å²) in [7, 11) is -3.98. The molecular weight excluding hydrogens is 617 g/mol. The highest BCUT2D eigenvalue weighted by molar-refractivity contribution is 7.92. The molecule has 1 fully saturated rings. The molecule has 4 rings (SSSR count). The molecule has 0 bridgehead atoms. The Labute approximate surface area is 262 Å². The first-order chi connectivity index (χ1) is 20.0. The second-order valence-electron chi connectivity index (χ2n) is 10.5. The molecule has 0 heterocycles. The lowest BCUT2D eigenvalue weighted by molar-refractivity contribution is -0.140. The molecule has 224 valence electrons. The van der Waals surface area contributed by atoms with E-state index in [0.717, 1.165) is 48.2 Å². The number of benzene rings is 3. The van der Waals surface area contributed by atoms with Gasteiger partial charge in [0.25, 0.3) is 0 Å². The number of sulfonamides is 1.